The minimum absolute atomic E-state index is 0.0931. The lowest BCUT2D eigenvalue weighted by Crippen LogP contribution is -2.18. The van der Waals surface area contributed by atoms with Crippen LogP contribution in [0.1, 0.15) is 206 Å². The average molecular weight is 605 g/mol. The number of hydrogen-bond donors (Lipinski definition) is 1. The molecule has 0 aromatic rings. The highest BCUT2D eigenvalue weighted by Gasteiger charge is 2.15. The first-order chi connectivity index (χ1) is 21.1. The lowest BCUT2D eigenvalue weighted by Gasteiger charge is -2.18. The fourth-order valence-electron chi connectivity index (χ4n) is 5.64. The molecule has 0 aromatic heterocycles. The van der Waals surface area contributed by atoms with Gasteiger partial charge in [-0.15, -0.1) is 0 Å². The Hall–Kier alpha value is -1.58. The minimum Gasteiger partial charge on any atom is -0.481 e. The first kappa shape index (κ1) is 41.4. The Balaban J connectivity index is 3.76. The summed E-state index contributed by atoms with van der Waals surface area (Å²) in [6, 6.07) is 0. The summed E-state index contributed by atoms with van der Waals surface area (Å²) >= 11 is 0. The summed E-state index contributed by atoms with van der Waals surface area (Å²) in [6.45, 7) is 4.51. The maximum Gasteiger partial charge on any atom is 0.306 e. The maximum atomic E-state index is 12.5. The van der Waals surface area contributed by atoms with E-state index in [1.54, 1.807) is 0 Å². The average Bonchev–Trinajstić information content (AvgIpc) is 2.99. The molecule has 0 saturated heterocycles. The first-order valence-corrected chi connectivity index (χ1v) is 18.8. The lowest BCUT2D eigenvalue weighted by atomic mass is 10.0. The summed E-state index contributed by atoms with van der Waals surface area (Å²) in [6.07, 6.45) is 43.3. The Morgan fingerprint density at radius 2 is 0.930 bits per heavy atom. The van der Waals surface area contributed by atoms with Crippen LogP contribution in [0.2, 0.25) is 0 Å². The molecule has 0 rings (SSSR count). The van der Waals surface area contributed by atoms with E-state index >= 15 is 0 Å². The molecular formula is C39H72O4. The van der Waals surface area contributed by atoms with Gasteiger partial charge < -0.3 is 9.84 Å². The van der Waals surface area contributed by atoms with Gasteiger partial charge in [0, 0.05) is 12.8 Å². The zero-order valence-corrected chi connectivity index (χ0v) is 28.8. The van der Waals surface area contributed by atoms with Crippen molar-refractivity contribution in [3.05, 3.63) is 24.3 Å². The van der Waals surface area contributed by atoms with Crippen LogP contribution in [0.5, 0.6) is 0 Å². The van der Waals surface area contributed by atoms with Crippen molar-refractivity contribution < 1.29 is 19.4 Å². The standard InChI is InChI=1S/C39H72O4/c1-3-5-7-9-11-13-15-16-17-18-19-20-21-22-23-25-27-29-31-36-39(42)43-37(34-32-35-38(40)41)33-30-28-26-24-14-12-10-8-6-4-2/h11,13,16-17,37H,3-10,12,14-15,18-36H2,1-2H3,(H,40,41)/b13-11-,17-16-. The van der Waals surface area contributed by atoms with Gasteiger partial charge in [-0.05, 0) is 64.2 Å². The predicted molar refractivity (Wildman–Crippen MR) is 186 cm³/mol. The molecule has 0 aliphatic heterocycles. The molecule has 0 saturated carbocycles. The first-order valence-electron chi connectivity index (χ1n) is 18.8. The molecule has 0 amide bonds. The number of ether oxygens (including phenoxy) is 1. The molecule has 1 unspecified atom stereocenters. The number of carbonyl (C=O) groups is 2. The number of hydrogen-bond acceptors (Lipinski definition) is 3. The number of rotatable bonds is 34. The van der Waals surface area contributed by atoms with Gasteiger partial charge >= 0.3 is 11.9 Å². The molecule has 0 fully saturated rings. The Morgan fingerprint density at radius 3 is 1.47 bits per heavy atom. The van der Waals surface area contributed by atoms with E-state index in [1.165, 1.54) is 135 Å². The van der Waals surface area contributed by atoms with E-state index in [2.05, 4.69) is 38.2 Å². The summed E-state index contributed by atoms with van der Waals surface area (Å²) in [5, 5.41) is 8.99. The minimum atomic E-state index is -0.770. The van der Waals surface area contributed by atoms with Crippen LogP contribution in [0.4, 0.5) is 0 Å². The van der Waals surface area contributed by atoms with E-state index in [-0.39, 0.29) is 18.5 Å². The third-order valence-electron chi connectivity index (χ3n) is 8.43. The highest BCUT2D eigenvalue weighted by atomic mass is 16.5. The van der Waals surface area contributed by atoms with Crippen molar-refractivity contribution in [2.24, 2.45) is 0 Å². The van der Waals surface area contributed by atoms with Crippen molar-refractivity contribution >= 4 is 11.9 Å². The Labute approximate surface area is 267 Å². The molecule has 0 bridgehead atoms. The van der Waals surface area contributed by atoms with Crippen LogP contribution in [-0.2, 0) is 14.3 Å². The molecule has 4 heteroatoms. The van der Waals surface area contributed by atoms with Crippen molar-refractivity contribution in [3.63, 3.8) is 0 Å². The van der Waals surface area contributed by atoms with Crippen LogP contribution in [0.3, 0.4) is 0 Å². The number of unbranched alkanes of at least 4 members (excludes halogenated alkanes) is 21. The number of carboxylic acid groups (broad SMARTS) is 1. The summed E-state index contributed by atoms with van der Waals surface area (Å²) in [5.74, 6) is -0.863. The zero-order valence-electron chi connectivity index (χ0n) is 28.8. The number of aliphatic carboxylic acids is 1. The molecule has 1 atom stereocenters. The van der Waals surface area contributed by atoms with Crippen LogP contribution in [0, 0.1) is 0 Å². The smallest absolute Gasteiger partial charge is 0.306 e. The molecule has 0 aliphatic carbocycles. The van der Waals surface area contributed by atoms with E-state index in [1.807, 2.05) is 0 Å². The largest absolute Gasteiger partial charge is 0.481 e. The van der Waals surface area contributed by atoms with Crippen molar-refractivity contribution in [1.29, 1.82) is 0 Å². The monoisotopic (exact) mass is 605 g/mol. The molecule has 0 spiro atoms. The van der Waals surface area contributed by atoms with Crippen molar-refractivity contribution in [2.75, 3.05) is 0 Å². The number of carbonyl (C=O) groups excluding carboxylic acids is 1. The van der Waals surface area contributed by atoms with Crippen molar-refractivity contribution in [3.8, 4) is 0 Å². The fraction of sp³-hybridized carbons (Fsp3) is 0.846. The van der Waals surface area contributed by atoms with Crippen molar-refractivity contribution in [1.82, 2.24) is 0 Å². The van der Waals surface area contributed by atoms with E-state index in [4.69, 9.17) is 9.84 Å². The predicted octanol–water partition coefficient (Wildman–Crippen LogP) is 12.8. The third-order valence-corrected chi connectivity index (χ3v) is 8.43. The molecule has 1 N–H and O–H groups in total. The van der Waals surface area contributed by atoms with Gasteiger partial charge in [-0.3, -0.25) is 9.59 Å². The van der Waals surface area contributed by atoms with Gasteiger partial charge in [-0.25, -0.2) is 0 Å². The summed E-state index contributed by atoms with van der Waals surface area (Å²) in [4.78, 5) is 23.4. The van der Waals surface area contributed by atoms with Gasteiger partial charge in [0.2, 0.25) is 0 Å². The summed E-state index contributed by atoms with van der Waals surface area (Å²) in [5.41, 5.74) is 0. The van der Waals surface area contributed by atoms with Crippen LogP contribution < -0.4 is 0 Å². The number of esters is 1. The summed E-state index contributed by atoms with van der Waals surface area (Å²) < 4.78 is 5.81. The highest BCUT2D eigenvalue weighted by Crippen LogP contribution is 2.18. The van der Waals surface area contributed by atoms with Gasteiger partial charge in [0.05, 0.1) is 0 Å². The second kappa shape index (κ2) is 34.9. The van der Waals surface area contributed by atoms with Crippen molar-refractivity contribution in [2.45, 2.75) is 213 Å². The van der Waals surface area contributed by atoms with Crippen LogP contribution in [-0.4, -0.2) is 23.1 Å². The SMILES string of the molecule is CCCCC/C=C\C/C=C\CCCCCCCCCCCC(=O)OC(CCCCCCCCCCCC)CCCC(=O)O. The molecule has 4 nitrogen and oxygen atoms in total. The molecule has 0 aliphatic rings. The maximum absolute atomic E-state index is 12.5. The molecule has 252 valence electrons. The van der Waals surface area contributed by atoms with Crippen LogP contribution in [0.15, 0.2) is 24.3 Å². The molecule has 0 heterocycles. The van der Waals surface area contributed by atoms with Gasteiger partial charge in [0.1, 0.15) is 6.10 Å². The second-order valence-corrected chi connectivity index (χ2v) is 12.8. The van der Waals surface area contributed by atoms with Gasteiger partial charge in [-0.2, -0.15) is 0 Å². The Bertz CT molecular complexity index is 654. The summed E-state index contributed by atoms with van der Waals surface area (Å²) in [7, 11) is 0. The van der Waals surface area contributed by atoms with E-state index in [0.717, 1.165) is 32.1 Å². The Kier molecular flexibility index (Phi) is 33.6. The quantitative estimate of drug-likeness (QED) is 0.0451. The molecular weight excluding hydrogens is 532 g/mol. The zero-order chi connectivity index (χ0) is 31.5. The van der Waals surface area contributed by atoms with Gasteiger partial charge in [-0.1, -0.05) is 154 Å². The highest BCUT2D eigenvalue weighted by molar-refractivity contribution is 5.69. The van der Waals surface area contributed by atoms with E-state index in [9.17, 15) is 9.59 Å². The van der Waals surface area contributed by atoms with Gasteiger partial charge in [0.15, 0.2) is 0 Å². The third kappa shape index (κ3) is 34.8. The molecule has 0 radical (unpaired) electrons. The van der Waals surface area contributed by atoms with E-state index < -0.39 is 5.97 Å². The molecule has 43 heavy (non-hydrogen) atoms. The van der Waals surface area contributed by atoms with Crippen LogP contribution in [0.25, 0.3) is 0 Å². The van der Waals surface area contributed by atoms with Crippen LogP contribution >= 0.6 is 0 Å². The van der Waals surface area contributed by atoms with Gasteiger partial charge in [0.25, 0.3) is 0 Å². The normalized spacial score (nSPS) is 12.4. The topological polar surface area (TPSA) is 63.6 Å². The number of carboxylic acids is 1. The lowest BCUT2D eigenvalue weighted by molar-refractivity contribution is -0.150. The Morgan fingerprint density at radius 1 is 0.512 bits per heavy atom. The fourth-order valence-corrected chi connectivity index (χ4v) is 5.64. The number of allylic oxidation sites excluding steroid dienone is 4. The van der Waals surface area contributed by atoms with E-state index in [0.29, 0.717) is 19.3 Å². The second-order valence-electron chi connectivity index (χ2n) is 12.8. The molecule has 0 aromatic carbocycles.